The monoisotopic (exact) mass is 404 g/mol. The van der Waals surface area contributed by atoms with Gasteiger partial charge >= 0.3 is 0 Å². The van der Waals surface area contributed by atoms with Crippen LogP contribution in [0.2, 0.25) is 5.02 Å². The van der Waals surface area contributed by atoms with Crippen molar-refractivity contribution in [1.82, 2.24) is 4.90 Å². The Hall–Kier alpha value is -1.47. The van der Waals surface area contributed by atoms with Crippen LogP contribution in [0.15, 0.2) is 63.4 Å². The molecule has 0 aromatic heterocycles. The number of anilines is 1. The van der Waals surface area contributed by atoms with Crippen LogP contribution in [0.4, 0.5) is 5.69 Å². The molecule has 2 aliphatic heterocycles. The first-order valence-corrected chi connectivity index (χ1v) is 9.99. The van der Waals surface area contributed by atoms with Gasteiger partial charge in [0.15, 0.2) is 0 Å². The minimum atomic E-state index is -0.0351. The number of amides is 1. The number of benzene rings is 2. The van der Waals surface area contributed by atoms with Crippen molar-refractivity contribution < 1.29 is 4.79 Å². The Morgan fingerprint density at radius 1 is 1.12 bits per heavy atom. The zero-order valence-electron chi connectivity index (χ0n) is 13.2. The molecule has 0 unspecified atom stereocenters. The van der Waals surface area contributed by atoms with Gasteiger partial charge in [0.2, 0.25) is 0 Å². The van der Waals surface area contributed by atoms with Crippen LogP contribution in [0.5, 0.6) is 0 Å². The second-order valence-electron chi connectivity index (χ2n) is 5.65. The molecule has 7 heteroatoms. The lowest BCUT2D eigenvalue weighted by molar-refractivity contribution is -0.122. The number of hydrogen-bond donors (Lipinski definition) is 0. The number of thioether (sulfide) groups is 2. The number of rotatable bonds is 2. The highest BCUT2D eigenvalue weighted by atomic mass is 35.5. The third kappa shape index (κ3) is 3.08. The van der Waals surface area contributed by atoms with E-state index in [1.165, 1.54) is 11.8 Å². The molecule has 0 saturated carbocycles. The molecule has 0 bridgehead atoms. The van der Waals surface area contributed by atoms with Crippen molar-refractivity contribution >= 4 is 63.3 Å². The van der Waals surface area contributed by atoms with Crippen LogP contribution in [0.3, 0.4) is 0 Å². The molecule has 1 fully saturated rings. The summed E-state index contributed by atoms with van der Waals surface area (Å²) in [6, 6.07) is 15.7. The smallest absolute Gasteiger partial charge is 0.269 e. The molecule has 2 aliphatic rings. The summed E-state index contributed by atoms with van der Waals surface area (Å²) in [5, 5.41) is 1.59. The molecule has 25 heavy (non-hydrogen) atoms. The van der Waals surface area contributed by atoms with Crippen molar-refractivity contribution in [2.24, 2.45) is 0 Å². The van der Waals surface area contributed by atoms with E-state index in [9.17, 15) is 4.79 Å². The zero-order chi connectivity index (χ0) is 17.6. The molecule has 0 N–H and O–H groups in total. The molecule has 3 nitrogen and oxygen atoms in total. The van der Waals surface area contributed by atoms with Gasteiger partial charge < -0.3 is 4.90 Å². The molecule has 126 valence electrons. The van der Waals surface area contributed by atoms with Crippen molar-refractivity contribution in [3.05, 3.63) is 69.1 Å². The van der Waals surface area contributed by atoms with Gasteiger partial charge in [0.05, 0.1) is 17.3 Å². The molecule has 4 rings (SSSR count). The van der Waals surface area contributed by atoms with Crippen LogP contribution in [-0.4, -0.2) is 22.2 Å². The van der Waals surface area contributed by atoms with Crippen LogP contribution in [0.25, 0.3) is 0 Å². The molecule has 0 aliphatic carbocycles. The van der Waals surface area contributed by atoms with Gasteiger partial charge in [-0.25, -0.2) is 0 Å². The van der Waals surface area contributed by atoms with Gasteiger partial charge in [-0.3, -0.25) is 9.69 Å². The Balaban J connectivity index is 1.65. The van der Waals surface area contributed by atoms with Gasteiger partial charge in [0.1, 0.15) is 9.23 Å². The van der Waals surface area contributed by atoms with Crippen molar-refractivity contribution in [3.63, 3.8) is 0 Å². The normalized spacial score (nSPS) is 19.8. The van der Waals surface area contributed by atoms with Crippen LogP contribution >= 0.6 is 47.3 Å². The Kier molecular flexibility index (Phi) is 4.54. The van der Waals surface area contributed by atoms with Gasteiger partial charge in [0, 0.05) is 17.0 Å². The Morgan fingerprint density at radius 2 is 1.88 bits per heavy atom. The number of thiocarbonyl (C=S) groups is 1. The van der Waals surface area contributed by atoms with Crippen molar-refractivity contribution in [2.45, 2.75) is 11.4 Å². The van der Waals surface area contributed by atoms with E-state index >= 15 is 0 Å². The first-order valence-electron chi connectivity index (χ1n) is 7.57. The molecular formula is C18H13ClN2OS3. The molecule has 1 amide bonds. The maximum absolute atomic E-state index is 13.0. The zero-order valence-corrected chi connectivity index (χ0v) is 16.4. The summed E-state index contributed by atoms with van der Waals surface area (Å²) in [5.41, 5.74) is 2.08. The van der Waals surface area contributed by atoms with E-state index in [0.717, 1.165) is 21.2 Å². The molecule has 0 spiro atoms. The second kappa shape index (κ2) is 6.68. The molecule has 2 heterocycles. The summed E-state index contributed by atoms with van der Waals surface area (Å²) in [4.78, 5) is 18.4. The number of carbonyl (C=O) groups excluding carboxylic acids is 1. The number of halogens is 1. The second-order valence-corrected chi connectivity index (χ2v) is 8.76. The predicted molar refractivity (Wildman–Crippen MR) is 110 cm³/mol. The lowest BCUT2D eigenvalue weighted by Crippen LogP contribution is -2.28. The van der Waals surface area contributed by atoms with Gasteiger partial charge in [0.25, 0.3) is 5.91 Å². The third-order valence-electron chi connectivity index (χ3n) is 4.02. The highest BCUT2D eigenvalue weighted by molar-refractivity contribution is 8.27. The average Bonchev–Trinajstić information content (AvgIpc) is 3.07. The Bertz CT molecular complexity index is 914. The molecule has 1 saturated heterocycles. The van der Waals surface area contributed by atoms with Crippen LogP contribution in [0, 0.1) is 0 Å². The maximum Gasteiger partial charge on any atom is 0.269 e. The first-order chi connectivity index (χ1) is 12.0. The van der Waals surface area contributed by atoms with Gasteiger partial charge in [-0.15, -0.1) is 0 Å². The molecule has 0 atom stereocenters. The standard InChI is InChI=1S/C18H13ClN2OS3/c1-20-13-9-12(19)7-8-14(13)24-17(20)15-16(22)21(18(23)25-15)10-11-5-3-2-4-6-11/h2-9H,10H2,1H3/b17-15-. The summed E-state index contributed by atoms with van der Waals surface area (Å²) < 4.78 is 0.597. The van der Waals surface area contributed by atoms with Crippen molar-refractivity contribution in [2.75, 3.05) is 11.9 Å². The topological polar surface area (TPSA) is 23.6 Å². The van der Waals surface area contributed by atoms with Gasteiger partial charge in [-0.2, -0.15) is 0 Å². The third-order valence-corrected chi connectivity index (χ3v) is 7.06. The Labute approximate surface area is 165 Å². The lowest BCUT2D eigenvalue weighted by Gasteiger charge is -2.16. The number of fused-ring (bicyclic) bond motifs is 1. The molecule has 2 aromatic carbocycles. The van der Waals surface area contributed by atoms with Crippen molar-refractivity contribution in [1.29, 1.82) is 0 Å². The van der Waals surface area contributed by atoms with Crippen LogP contribution in [-0.2, 0) is 11.3 Å². The van der Waals surface area contributed by atoms with E-state index < -0.39 is 0 Å². The SMILES string of the molecule is CN1/C(=C2/SC(=S)N(Cc3ccccc3)C2=O)Sc2ccc(Cl)cc21. The maximum atomic E-state index is 13.0. The number of hydrogen-bond acceptors (Lipinski definition) is 5. The van der Waals surface area contributed by atoms with E-state index in [1.54, 1.807) is 16.7 Å². The molecular weight excluding hydrogens is 392 g/mol. The first kappa shape index (κ1) is 17.0. The molecule has 0 radical (unpaired) electrons. The minimum Gasteiger partial charge on any atom is -0.337 e. The summed E-state index contributed by atoms with van der Waals surface area (Å²) in [6.45, 7) is 0.495. The summed E-state index contributed by atoms with van der Waals surface area (Å²) >= 11 is 14.5. The number of carbonyl (C=O) groups is 1. The van der Waals surface area contributed by atoms with Gasteiger partial charge in [-0.05, 0) is 23.8 Å². The van der Waals surface area contributed by atoms with Crippen molar-refractivity contribution in [3.8, 4) is 0 Å². The largest absolute Gasteiger partial charge is 0.337 e. The van der Waals surface area contributed by atoms with E-state index in [0.29, 0.717) is 20.8 Å². The average molecular weight is 405 g/mol. The highest BCUT2D eigenvalue weighted by Crippen LogP contribution is 2.50. The number of nitrogens with zero attached hydrogens (tertiary/aromatic N) is 2. The highest BCUT2D eigenvalue weighted by Gasteiger charge is 2.38. The van der Waals surface area contributed by atoms with E-state index in [2.05, 4.69) is 0 Å². The lowest BCUT2D eigenvalue weighted by atomic mass is 10.2. The quantitative estimate of drug-likeness (QED) is 0.511. The van der Waals surface area contributed by atoms with E-state index in [-0.39, 0.29) is 5.91 Å². The summed E-state index contributed by atoms with van der Waals surface area (Å²) in [5.74, 6) is -0.0351. The fourth-order valence-electron chi connectivity index (χ4n) is 2.75. The van der Waals surface area contributed by atoms with Crippen LogP contribution < -0.4 is 4.90 Å². The predicted octanol–water partition coefficient (Wildman–Crippen LogP) is 5.11. The van der Waals surface area contributed by atoms with E-state index in [4.69, 9.17) is 23.8 Å². The minimum absolute atomic E-state index is 0.0351. The molecule has 2 aromatic rings. The van der Waals surface area contributed by atoms with Crippen LogP contribution in [0.1, 0.15) is 5.56 Å². The fraction of sp³-hybridized carbons (Fsp3) is 0.111. The summed E-state index contributed by atoms with van der Waals surface area (Å²) in [6.07, 6.45) is 0. The van der Waals surface area contributed by atoms with Gasteiger partial charge in [-0.1, -0.05) is 77.7 Å². The summed E-state index contributed by atoms with van der Waals surface area (Å²) in [7, 11) is 1.95. The van der Waals surface area contributed by atoms with E-state index in [1.807, 2.05) is 60.5 Å². The fourth-order valence-corrected chi connectivity index (χ4v) is 5.48. The Morgan fingerprint density at radius 3 is 2.64 bits per heavy atom.